The van der Waals surface area contributed by atoms with Crippen LogP contribution >= 0.6 is 0 Å². The summed E-state index contributed by atoms with van der Waals surface area (Å²) >= 11 is 0. The van der Waals surface area contributed by atoms with Crippen LogP contribution in [-0.4, -0.2) is 11.6 Å². The van der Waals surface area contributed by atoms with E-state index in [2.05, 4.69) is 24.3 Å². The van der Waals surface area contributed by atoms with Crippen LogP contribution in [0, 0.1) is 11.7 Å². The van der Waals surface area contributed by atoms with E-state index >= 15 is 0 Å². The number of rotatable bonds is 1. The van der Waals surface area contributed by atoms with Gasteiger partial charge in [0.15, 0.2) is 0 Å². The Hall–Kier alpha value is -2.42. The summed E-state index contributed by atoms with van der Waals surface area (Å²) in [5, 5.41) is 4.24. The lowest BCUT2D eigenvalue weighted by atomic mass is 9.81. The maximum absolute atomic E-state index is 13.7. The van der Waals surface area contributed by atoms with Crippen molar-refractivity contribution in [1.82, 2.24) is 0 Å². The SMILES string of the molecule is CC(C)(C)OC(=O)C1CCc2c(ccc3c2ccc2ccc(F)cc23)C1. The minimum atomic E-state index is -0.455. The van der Waals surface area contributed by atoms with Crippen molar-refractivity contribution < 1.29 is 13.9 Å². The summed E-state index contributed by atoms with van der Waals surface area (Å²) in [4.78, 5) is 12.4. The lowest BCUT2D eigenvalue weighted by molar-refractivity contribution is -0.160. The van der Waals surface area contributed by atoms with E-state index in [1.54, 1.807) is 6.07 Å². The molecule has 1 unspecified atom stereocenters. The van der Waals surface area contributed by atoms with Crippen LogP contribution in [0.15, 0.2) is 42.5 Å². The van der Waals surface area contributed by atoms with Crippen LogP contribution in [0.5, 0.6) is 0 Å². The molecule has 0 spiro atoms. The number of carbonyl (C=O) groups is 1. The first-order chi connectivity index (χ1) is 12.3. The molecular weight excluding hydrogens is 327 g/mol. The summed E-state index contributed by atoms with van der Waals surface area (Å²) in [5.41, 5.74) is 2.04. The second-order valence-electron chi connectivity index (χ2n) is 8.20. The van der Waals surface area contributed by atoms with E-state index in [4.69, 9.17) is 4.74 Å². The highest BCUT2D eigenvalue weighted by atomic mass is 19.1. The van der Waals surface area contributed by atoms with Crippen LogP contribution in [0.3, 0.4) is 0 Å². The molecule has 0 bridgehead atoms. The number of hydrogen-bond acceptors (Lipinski definition) is 2. The molecule has 0 radical (unpaired) electrons. The van der Waals surface area contributed by atoms with Crippen LogP contribution in [0.25, 0.3) is 21.5 Å². The van der Waals surface area contributed by atoms with E-state index in [-0.39, 0.29) is 17.7 Å². The van der Waals surface area contributed by atoms with Crippen LogP contribution in [0.4, 0.5) is 4.39 Å². The summed E-state index contributed by atoms with van der Waals surface area (Å²) in [6.45, 7) is 5.71. The smallest absolute Gasteiger partial charge is 0.309 e. The zero-order valence-corrected chi connectivity index (χ0v) is 15.4. The van der Waals surface area contributed by atoms with E-state index < -0.39 is 5.60 Å². The van der Waals surface area contributed by atoms with Crippen molar-refractivity contribution in [2.24, 2.45) is 5.92 Å². The highest BCUT2D eigenvalue weighted by Crippen LogP contribution is 2.35. The van der Waals surface area contributed by atoms with Gasteiger partial charge < -0.3 is 4.74 Å². The van der Waals surface area contributed by atoms with Gasteiger partial charge in [-0.15, -0.1) is 0 Å². The van der Waals surface area contributed by atoms with Crippen molar-refractivity contribution >= 4 is 27.5 Å². The minimum absolute atomic E-state index is 0.0860. The minimum Gasteiger partial charge on any atom is -0.460 e. The molecule has 1 aliphatic rings. The molecule has 0 N–H and O–H groups in total. The number of esters is 1. The molecule has 4 rings (SSSR count). The molecule has 1 aliphatic carbocycles. The predicted molar refractivity (Wildman–Crippen MR) is 103 cm³/mol. The summed E-state index contributed by atoms with van der Waals surface area (Å²) in [6, 6.07) is 13.3. The van der Waals surface area contributed by atoms with Crippen molar-refractivity contribution in [3.63, 3.8) is 0 Å². The molecule has 0 aliphatic heterocycles. The van der Waals surface area contributed by atoms with Gasteiger partial charge in [-0.2, -0.15) is 0 Å². The zero-order chi connectivity index (χ0) is 18.5. The van der Waals surface area contributed by atoms with Crippen molar-refractivity contribution in [3.05, 3.63) is 59.4 Å². The average molecular weight is 350 g/mol. The van der Waals surface area contributed by atoms with Gasteiger partial charge in [0.25, 0.3) is 0 Å². The monoisotopic (exact) mass is 350 g/mol. The van der Waals surface area contributed by atoms with E-state index in [0.717, 1.165) is 29.0 Å². The molecule has 0 aromatic heterocycles. The van der Waals surface area contributed by atoms with Gasteiger partial charge >= 0.3 is 5.97 Å². The van der Waals surface area contributed by atoms with Gasteiger partial charge in [0, 0.05) is 0 Å². The number of benzene rings is 3. The predicted octanol–water partition coefficient (Wildman–Crippen LogP) is 5.58. The van der Waals surface area contributed by atoms with Crippen LogP contribution in [0.1, 0.15) is 38.3 Å². The maximum atomic E-state index is 13.7. The highest BCUT2D eigenvalue weighted by molar-refractivity contribution is 6.08. The van der Waals surface area contributed by atoms with Gasteiger partial charge in [-0.1, -0.05) is 30.3 Å². The fourth-order valence-corrected chi connectivity index (χ4v) is 3.97. The topological polar surface area (TPSA) is 26.3 Å². The summed E-state index contributed by atoms with van der Waals surface area (Å²) < 4.78 is 19.3. The van der Waals surface area contributed by atoms with Crippen LogP contribution in [0.2, 0.25) is 0 Å². The van der Waals surface area contributed by atoms with Crippen LogP contribution in [-0.2, 0) is 22.4 Å². The van der Waals surface area contributed by atoms with Crippen molar-refractivity contribution in [1.29, 1.82) is 0 Å². The number of hydrogen-bond donors (Lipinski definition) is 0. The quantitative estimate of drug-likeness (QED) is 0.423. The largest absolute Gasteiger partial charge is 0.460 e. The fourth-order valence-electron chi connectivity index (χ4n) is 3.97. The molecule has 2 nitrogen and oxygen atoms in total. The van der Waals surface area contributed by atoms with E-state index in [9.17, 15) is 9.18 Å². The summed E-state index contributed by atoms with van der Waals surface area (Å²) in [7, 11) is 0. The number of fused-ring (bicyclic) bond motifs is 5. The van der Waals surface area contributed by atoms with E-state index in [1.807, 2.05) is 26.8 Å². The standard InChI is InChI=1S/C23H23FO2/c1-23(2,3)26-22(25)16-7-9-18-15(12-16)6-11-20-19(18)10-5-14-4-8-17(24)13-21(14)20/h4-6,8,10-11,13,16H,7,9,12H2,1-3H3. The Balaban J connectivity index is 1.73. The third-order valence-electron chi connectivity index (χ3n) is 5.14. The third-order valence-corrected chi connectivity index (χ3v) is 5.14. The third kappa shape index (κ3) is 3.07. The molecule has 0 heterocycles. The molecule has 3 heteroatoms. The first kappa shape index (κ1) is 17.0. The van der Waals surface area contributed by atoms with Gasteiger partial charge in [-0.05, 0) is 84.8 Å². The lowest BCUT2D eigenvalue weighted by Crippen LogP contribution is -2.31. The Morgan fingerprint density at radius 1 is 1.04 bits per heavy atom. The van der Waals surface area contributed by atoms with E-state index in [1.165, 1.54) is 22.6 Å². The Bertz CT molecular complexity index is 1010. The average Bonchev–Trinajstić information content (AvgIpc) is 2.59. The number of halogens is 1. The Kier molecular flexibility index (Phi) is 3.98. The number of carbonyl (C=O) groups excluding carboxylic acids is 1. The van der Waals surface area contributed by atoms with Gasteiger partial charge in [0.05, 0.1) is 5.92 Å². The Morgan fingerprint density at radius 3 is 2.54 bits per heavy atom. The van der Waals surface area contributed by atoms with Crippen molar-refractivity contribution in [2.45, 2.75) is 45.6 Å². The molecular formula is C23H23FO2. The molecule has 3 aromatic rings. The summed E-state index contributed by atoms with van der Waals surface area (Å²) in [5.74, 6) is -0.409. The highest BCUT2D eigenvalue weighted by Gasteiger charge is 2.29. The normalized spacial score (nSPS) is 17.3. The van der Waals surface area contributed by atoms with Crippen molar-refractivity contribution in [3.8, 4) is 0 Å². The van der Waals surface area contributed by atoms with Crippen LogP contribution < -0.4 is 0 Å². The van der Waals surface area contributed by atoms with Gasteiger partial charge in [0.2, 0.25) is 0 Å². The molecule has 0 saturated carbocycles. The first-order valence-corrected chi connectivity index (χ1v) is 9.17. The molecule has 26 heavy (non-hydrogen) atoms. The molecule has 134 valence electrons. The fraction of sp³-hybridized carbons (Fsp3) is 0.348. The second kappa shape index (κ2) is 6.08. The molecule has 0 saturated heterocycles. The second-order valence-corrected chi connectivity index (χ2v) is 8.20. The Morgan fingerprint density at radius 2 is 1.77 bits per heavy atom. The molecule has 0 amide bonds. The van der Waals surface area contributed by atoms with Gasteiger partial charge in [-0.25, -0.2) is 4.39 Å². The number of aryl methyl sites for hydroxylation is 1. The molecule has 1 atom stereocenters. The lowest BCUT2D eigenvalue weighted by Gasteiger charge is -2.28. The number of ether oxygens (including phenoxy) is 1. The maximum Gasteiger partial charge on any atom is 0.309 e. The van der Waals surface area contributed by atoms with Crippen molar-refractivity contribution in [2.75, 3.05) is 0 Å². The summed E-state index contributed by atoms with van der Waals surface area (Å²) in [6.07, 6.45) is 2.35. The van der Waals surface area contributed by atoms with E-state index in [0.29, 0.717) is 6.42 Å². The molecule has 0 fully saturated rings. The van der Waals surface area contributed by atoms with Gasteiger partial charge in [0.1, 0.15) is 11.4 Å². The zero-order valence-electron chi connectivity index (χ0n) is 15.4. The first-order valence-electron chi connectivity index (χ1n) is 9.17. The Labute approximate surface area is 153 Å². The molecule has 3 aromatic carbocycles. The van der Waals surface area contributed by atoms with Gasteiger partial charge in [-0.3, -0.25) is 4.79 Å².